The third-order valence-electron chi connectivity index (χ3n) is 3.29. The van der Waals surface area contributed by atoms with Gasteiger partial charge in [-0.1, -0.05) is 23.2 Å². The average molecular weight is 377 g/mol. The smallest absolute Gasteiger partial charge is 0.335 e. The van der Waals surface area contributed by atoms with E-state index in [0.29, 0.717) is 21.3 Å². The Bertz CT molecular complexity index is 952. The van der Waals surface area contributed by atoms with Crippen LogP contribution in [0.5, 0.6) is 0 Å². The van der Waals surface area contributed by atoms with Gasteiger partial charge in [0.2, 0.25) is 5.89 Å². The van der Waals surface area contributed by atoms with Crippen molar-refractivity contribution in [2.75, 3.05) is 5.32 Å². The van der Waals surface area contributed by atoms with Crippen LogP contribution < -0.4 is 5.32 Å². The van der Waals surface area contributed by atoms with E-state index in [9.17, 15) is 9.59 Å². The lowest BCUT2D eigenvalue weighted by molar-refractivity contribution is 0.0696. The first-order valence-corrected chi connectivity index (χ1v) is 7.75. The minimum Gasteiger partial charge on any atom is -0.478 e. The van der Waals surface area contributed by atoms with Crippen LogP contribution in [0.15, 0.2) is 53.1 Å². The van der Waals surface area contributed by atoms with E-state index >= 15 is 0 Å². The molecule has 0 bridgehead atoms. The van der Waals surface area contributed by atoms with Gasteiger partial charge in [0.15, 0.2) is 5.69 Å². The molecular weight excluding hydrogens is 367 g/mol. The molecule has 2 aromatic carbocycles. The van der Waals surface area contributed by atoms with Crippen LogP contribution in [0, 0.1) is 0 Å². The normalized spacial score (nSPS) is 10.5. The summed E-state index contributed by atoms with van der Waals surface area (Å²) in [5.74, 6) is -1.30. The van der Waals surface area contributed by atoms with Crippen molar-refractivity contribution in [1.29, 1.82) is 0 Å². The third kappa shape index (κ3) is 3.81. The maximum absolute atomic E-state index is 12.2. The van der Waals surface area contributed by atoms with E-state index in [4.69, 9.17) is 32.7 Å². The first-order chi connectivity index (χ1) is 11.9. The summed E-state index contributed by atoms with van der Waals surface area (Å²) in [4.78, 5) is 27.1. The van der Waals surface area contributed by atoms with Crippen molar-refractivity contribution in [1.82, 2.24) is 4.98 Å². The molecule has 3 rings (SSSR count). The van der Waals surface area contributed by atoms with Crippen LogP contribution in [0.3, 0.4) is 0 Å². The van der Waals surface area contributed by atoms with Gasteiger partial charge in [-0.05, 0) is 42.5 Å². The maximum Gasteiger partial charge on any atom is 0.335 e. The van der Waals surface area contributed by atoms with Gasteiger partial charge in [-0.3, -0.25) is 4.79 Å². The summed E-state index contributed by atoms with van der Waals surface area (Å²) in [5, 5.41) is 12.2. The molecule has 0 aliphatic heterocycles. The Kier molecular flexibility index (Phi) is 4.74. The summed E-state index contributed by atoms with van der Waals surface area (Å²) in [7, 11) is 0. The largest absolute Gasteiger partial charge is 0.478 e. The molecule has 1 aromatic heterocycles. The zero-order valence-corrected chi connectivity index (χ0v) is 14.0. The number of carbonyl (C=O) groups is 2. The fourth-order valence-corrected chi connectivity index (χ4v) is 2.33. The third-order valence-corrected chi connectivity index (χ3v) is 4.03. The van der Waals surface area contributed by atoms with Crippen molar-refractivity contribution in [3.8, 4) is 11.5 Å². The quantitative estimate of drug-likeness (QED) is 0.693. The van der Waals surface area contributed by atoms with Crippen LogP contribution in [-0.2, 0) is 0 Å². The molecule has 25 heavy (non-hydrogen) atoms. The lowest BCUT2D eigenvalue weighted by atomic mass is 10.2. The van der Waals surface area contributed by atoms with Crippen molar-refractivity contribution in [2.24, 2.45) is 0 Å². The van der Waals surface area contributed by atoms with Gasteiger partial charge in [0, 0.05) is 11.3 Å². The number of amides is 1. The summed E-state index contributed by atoms with van der Waals surface area (Å²) in [6.07, 6.45) is 1.22. The Morgan fingerprint density at radius 2 is 1.76 bits per heavy atom. The number of nitrogens with one attached hydrogen (secondary N) is 1. The number of benzene rings is 2. The van der Waals surface area contributed by atoms with E-state index in [0.717, 1.165) is 0 Å². The SMILES string of the molecule is O=C(O)c1ccc(NC(=O)c2coc(-c3ccc(Cl)c(Cl)c3)n2)cc1. The number of hydrogen-bond donors (Lipinski definition) is 2. The summed E-state index contributed by atoms with van der Waals surface area (Å²) in [5.41, 5.74) is 1.22. The summed E-state index contributed by atoms with van der Waals surface area (Å²) >= 11 is 11.8. The van der Waals surface area contributed by atoms with Crippen LogP contribution >= 0.6 is 23.2 Å². The number of hydrogen-bond acceptors (Lipinski definition) is 4. The van der Waals surface area contributed by atoms with E-state index in [-0.39, 0.29) is 17.1 Å². The molecule has 0 unspecified atom stereocenters. The van der Waals surface area contributed by atoms with Gasteiger partial charge in [0.25, 0.3) is 5.91 Å². The Morgan fingerprint density at radius 3 is 2.40 bits per heavy atom. The minimum atomic E-state index is -1.04. The van der Waals surface area contributed by atoms with Gasteiger partial charge in [-0.15, -0.1) is 0 Å². The van der Waals surface area contributed by atoms with Gasteiger partial charge in [0.05, 0.1) is 15.6 Å². The minimum absolute atomic E-state index is 0.0726. The van der Waals surface area contributed by atoms with Crippen molar-refractivity contribution in [3.05, 3.63) is 70.0 Å². The van der Waals surface area contributed by atoms with E-state index in [1.165, 1.54) is 30.5 Å². The molecule has 0 spiro atoms. The highest BCUT2D eigenvalue weighted by Gasteiger charge is 2.15. The molecule has 0 radical (unpaired) electrons. The molecule has 0 saturated heterocycles. The number of halogens is 2. The second kappa shape index (κ2) is 6.96. The van der Waals surface area contributed by atoms with Gasteiger partial charge in [-0.2, -0.15) is 0 Å². The number of carboxylic acids is 1. The number of aromatic carboxylic acids is 1. The molecular formula is C17H10Cl2N2O4. The Hall–Kier alpha value is -2.83. The Balaban J connectivity index is 1.76. The zero-order valence-electron chi connectivity index (χ0n) is 12.5. The molecule has 0 saturated carbocycles. The first kappa shape index (κ1) is 17.0. The van der Waals surface area contributed by atoms with E-state index in [1.54, 1.807) is 18.2 Å². The van der Waals surface area contributed by atoms with Crippen molar-refractivity contribution in [3.63, 3.8) is 0 Å². The number of rotatable bonds is 4. The lowest BCUT2D eigenvalue weighted by Gasteiger charge is -2.03. The van der Waals surface area contributed by atoms with Crippen molar-refractivity contribution in [2.45, 2.75) is 0 Å². The summed E-state index contributed by atoms with van der Waals surface area (Å²) in [6, 6.07) is 10.6. The number of aromatic nitrogens is 1. The second-order valence-electron chi connectivity index (χ2n) is 5.00. The van der Waals surface area contributed by atoms with E-state index in [2.05, 4.69) is 10.3 Å². The number of nitrogens with zero attached hydrogens (tertiary/aromatic N) is 1. The Labute approximate surface area is 152 Å². The molecule has 0 atom stereocenters. The first-order valence-electron chi connectivity index (χ1n) is 6.99. The van der Waals surface area contributed by atoms with E-state index in [1.807, 2.05) is 0 Å². The lowest BCUT2D eigenvalue weighted by Crippen LogP contribution is -2.12. The molecule has 2 N–H and O–H groups in total. The molecule has 0 aliphatic rings. The van der Waals surface area contributed by atoms with Crippen LogP contribution in [0.4, 0.5) is 5.69 Å². The number of carbonyl (C=O) groups excluding carboxylic acids is 1. The number of oxazole rings is 1. The topological polar surface area (TPSA) is 92.4 Å². The molecule has 3 aromatic rings. The Morgan fingerprint density at radius 1 is 1.04 bits per heavy atom. The monoisotopic (exact) mass is 376 g/mol. The molecule has 8 heteroatoms. The highest BCUT2D eigenvalue weighted by Crippen LogP contribution is 2.28. The summed E-state index contributed by atoms with van der Waals surface area (Å²) < 4.78 is 5.30. The average Bonchev–Trinajstić information content (AvgIpc) is 3.08. The molecule has 1 amide bonds. The highest BCUT2D eigenvalue weighted by molar-refractivity contribution is 6.42. The summed E-state index contributed by atoms with van der Waals surface area (Å²) in [6.45, 7) is 0. The molecule has 126 valence electrons. The van der Waals surface area contributed by atoms with Crippen molar-refractivity contribution >= 4 is 40.8 Å². The molecule has 1 heterocycles. The van der Waals surface area contributed by atoms with Gasteiger partial charge < -0.3 is 14.8 Å². The van der Waals surface area contributed by atoms with Crippen LogP contribution in [0.25, 0.3) is 11.5 Å². The van der Waals surface area contributed by atoms with E-state index < -0.39 is 11.9 Å². The molecule has 0 aliphatic carbocycles. The predicted octanol–water partition coefficient (Wildman–Crippen LogP) is 4.60. The maximum atomic E-state index is 12.2. The second-order valence-corrected chi connectivity index (χ2v) is 5.82. The van der Waals surface area contributed by atoms with Crippen molar-refractivity contribution < 1.29 is 19.1 Å². The standard InChI is InChI=1S/C17H10Cl2N2O4/c18-12-6-3-10(7-13(12)19)16-21-14(8-25-16)15(22)20-11-4-1-9(2-5-11)17(23)24/h1-8H,(H,20,22)(H,23,24). The highest BCUT2D eigenvalue weighted by atomic mass is 35.5. The number of anilines is 1. The molecule has 6 nitrogen and oxygen atoms in total. The number of carboxylic acid groups (broad SMARTS) is 1. The zero-order chi connectivity index (χ0) is 18.0. The molecule has 0 fully saturated rings. The van der Waals surface area contributed by atoms with Crippen LogP contribution in [-0.4, -0.2) is 22.0 Å². The van der Waals surface area contributed by atoms with Crippen LogP contribution in [0.1, 0.15) is 20.8 Å². The van der Waals surface area contributed by atoms with Gasteiger partial charge in [-0.25, -0.2) is 9.78 Å². The fourth-order valence-electron chi connectivity index (χ4n) is 2.03. The van der Waals surface area contributed by atoms with Crippen LogP contribution in [0.2, 0.25) is 10.0 Å². The van der Waals surface area contributed by atoms with Gasteiger partial charge >= 0.3 is 5.97 Å². The predicted molar refractivity (Wildman–Crippen MR) is 93.3 cm³/mol. The van der Waals surface area contributed by atoms with Gasteiger partial charge in [0.1, 0.15) is 6.26 Å². The fraction of sp³-hybridized carbons (Fsp3) is 0.